The Hall–Kier alpha value is -2.66. The molecule has 1 heterocycles. The smallest absolute Gasteiger partial charge is 0.219 e. The summed E-state index contributed by atoms with van der Waals surface area (Å²) in [6.07, 6.45) is 3.53. The van der Waals surface area contributed by atoms with E-state index in [0.29, 0.717) is 33.9 Å². The van der Waals surface area contributed by atoms with Gasteiger partial charge in [0.15, 0.2) is 0 Å². The molecule has 0 atom stereocenters. The van der Waals surface area contributed by atoms with Crippen LogP contribution in [0.15, 0.2) is 48.8 Å². The molecule has 4 nitrogen and oxygen atoms in total. The molecule has 3 aromatic rings. The van der Waals surface area contributed by atoms with Crippen LogP contribution in [0.5, 0.6) is 5.75 Å². The molecule has 0 spiro atoms. The maximum Gasteiger partial charge on any atom is 0.219 e. The van der Waals surface area contributed by atoms with Gasteiger partial charge < -0.3 is 10.5 Å². The first-order chi connectivity index (χ1) is 11.6. The van der Waals surface area contributed by atoms with Crippen molar-refractivity contribution in [3.8, 4) is 16.9 Å². The normalized spacial score (nSPS) is 10.6. The van der Waals surface area contributed by atoms with E-state index in [1.54, 1.807) is 48.8 Å². The zero-order valence-corrected chi connectivity index (χ0v) is 13.7. The fourth-order valence-corrected chi connectivity index (χ4v) is 2.69. The van der Waals surface area contributed by atoms with Gasteiger partial charge in [-0.05, 0) is 34.9 Å². The molecule has 2 aromatic carbocycles. The van der Waals surface area contributed by atoms with Crippen molar-refractivity contribution in [1.29, 1.82) is 0 Å². The molecule has 0 saturated carbocycles. The maximum atomic E-state index is 15.1. The Morgan fingerprint density at radius 1 is 1.17 bits per heavy atom. The van der Waals surface area contributed by atoms with E-state index >= 15 is 4.39 Å². The molecule has 0 radical (unpaired) electrons. The first-order valence-electron chi connectivity index (χ1n) is 7.26. The third-order valence-electron chi connectivity index (χ3n) is 3.64. The summed E-state index contributed by atoms with van der Waals surface area (Å²) in [5, 5.41) is 0.534. The van der Waals surface area contributed by atoms with Crippen LogP contribution < -0.4 is 10.5 Å². The molecule has 3 rings (SSSR count). The van der Waals surface area contributed by atoms with Gasteiger partial charge in [-0.25, -0.2) is 14.4 Å². The molecule has 0 saturated heterocycles. The van der Waals surface area contributed by atoms with Gasteiger partial charge in [-0.2, -0.15) is 0 Å². The number of rotatable bonds is 4. The van der Waals surface area contributed by atoms with Crippen molar-refractivity contribution in [2.45, 2.75) is 6.42 Å². The van der Waals surface area contributed by atoms with Crippen molar-refractivity contribution >= 4 is 17.5 Å². The zero-order valence-electron chi connectivity index (χ0n) is 13.0. The lowest BCUT2D eigenvalue weighted by Gasteiger charge is -2.13. The first kappa shape index (κ1) is 16.2. The Kier molecular flexibility index (Phi) is 4.62. The van der Waals surface area contributed by atoms with Gasteiger partial charge in [0, 0.05) is 23.8 Å². The van der Waals surface area contributed by atoms with E-state index in [2.05, 4.69) is 9.97 Å². The van der Waals surface area contributed by atoms with Crippen LogP contribution in [0.25, 0.3) is 11.1 Å². The Balaban J connectivity index is 2.06. The number of nitrogens with two attached hydrogens (primary N) is 1. The topological polar surface area (TPSA) is 61.0 Å². The molecule has 0 bridgehead atoms. The number of anilines is 1. The number of benzene rings is 2. The van der Waals surface area contributed by atoms with Crippen LogP contribution in [0.4, 0.5) is 10.3 Å². The molecule has 24 heavy (non-hydrogen) atoms. The molecule has 122 valence electrons. The van der Waals surface area contributed by atoms with E-state index in [9.17, 15) is 0 Å². The van der Waals surface area contributed by atoms with Crippen molar-refractivity contribution in [2.75, 3.05) is 12.8 Å². The minimum Gasteiger partial charge on any atom is -0.496 e. The average molecular weight is 344 g/mol. The number of ether oxygens (including phenoxy) is 1. The van der Waals surface area contributed by atoms with Gasteiger partial charge in [-0.3, -0.25) is 0 Å². The van der Waals surface area contributed by atoms with Gasteiger partial charge in [-0.1, -0.05) is 29.8 Å². The summed E-state index contributed by atoms with van der Waals surface area (Å²) < 4.78 is 20.4. The van der Waals surface area contributed by atoms with Crippen LogP contribution in [-0.2, 0) is 6.42 Å². The van der Waals surface area contributed by atoms with E-state index in [1.807, 2.05) is 0 Å². The second-order valence-corrected chi connectivity index (χ2v) is 5.69. The van der Waals surface area contributed by atoms with E-state index in [-0.39, 0.29) is 11.8 Å². The van der Waals surface area contributed by atoms with Crippen molar-refractivity contribution in [2.24, 2.45) is 0 Å². The first-order valence-corrected chi connectivity index (χ1v) is 7.64. The Morgan fingerprint density at radius 2 is 1.92 bits per heavy atom. The summed E-state index contributed by atoms with van der Waals surface area (Å²) in [6.45, 7) is 0. The number of nitrogen functional groups attached to an aromatic ring is 1. The maximum absolute atomic E-state index is 15.1. The van der Waals surface area contributed by atoms with Crippen LogP contribution in [0.2, 0.25) is 5.02 Å². The summed E-state index contributed by atoms with van der Waals surface area (Å²) in [5.41, 5.74) is 7.80. The highest BCUT2D eigenvalue weighted by Gasteiger charge is 2.16. The molecule has 1 aromatic heterocycles. The highest BCUT2D eigenvalue weighted by atomic mass is 35.5. The van der Waals surface area contributed by atoms with Gasteiger partial charge in [0.1, 0.15) is 11.6 Å². The van der Waals surface area contributed by atoms with Gasteiger partial charge in [0.2, 0.25) is 5.95 Å². The van der Waals surface area contributed by atoms with E-state index < -0.39 is 0 Å². The Bertz CT molecular complexity index is 869. The van der Waals surface area contributed by atoms with Crippen molar-refractivity contribution in [3.05, 3.63) is 70.8 Å². The lowest BCUT2D eigenvalue weighted by molar-refractivity contribution is 0.413. The number of halogens is 2. The number of aromatic nitrogens is 2. The highest BCUT2D eigenvalue weighted by Crippen LogP contribution is 2.36. The highest BCUT2D eigenvalue weighted by molar-refractivity contribution is 6.30. The average Bonchev–Trinajstić information content (AvgIpc) is 2.58. The minimum atomic E-state index is -0.353. The van der Waals surface area contributed by atoms with Crippen molar-refractivity contribution < 1.29 is 9.13 Å². The number of hydrogen-bond donors (Lipinski definition) is 1. The fourth-order valence-electron chi connectivity index (χ4n) is 2.50. The second-order valence-electron chi connectivity index (χ2n) is 5.25. The van der Waals surface area contributed by atoms with Gasteiger partial charge >= 0.3 is 0 Å². The molecule has 0 aliphatic heterocycles. The predicted molar refractivity (Wildman–Crippen MR) is 92.6 cm³/mol. The summed E-state index contributed by atoms with van der Waals surface area (Å²) in [5.74, 6) is 0.286. The SMILES string of the molecule is COc1ccc(Cc2cnc(N)nc2)c(F)c1-c1cccc(Cl)c1. The third kappa shape index (κ3) is 3.31. The standard InChI is InChI=1S/C18H15ClFN3O/c1-24-15-6-5-13(7-11-9-22-18(21)23-10-11)17(20)16(15)12-3-2-4-14(19)8-12/h2-6,8-10H,7H2,1H3,(H2,21,22,23). The van der Waals surface area contributed by atoms with Gasteiger partial charge in [0.25, 0.3) is 0 Å². The van der Waals surface area contributed by atoms with Crippen molar-refractivity contribution in [1.82, 2.24) is 9.97 Å². The summed E-state index contributed by atoms with van der Waals surface area (Å²) >= 11 is 6.04. The summed E-state index contributed by atoms with van der Waals surface area (Å²) in [6, 6.07) is 10.5. The molecule has 0 aliphatic carbocycles. The lowest BCUT2D eigenvalue weighted by atomic mass is 9.98. The minimum absolute atomic E-state index is 0.188. The number of hydrogen-bond acceptors (Lipinski definition) is 4. The molecule has 2 N–H and O–H groups in total. The second kappa shape index (κ2) is 6.84. The monoisotopic (exact) mass is 343 g/mol. The van der Waals surface area contributed by atoms with E-state index in [4.69, 9.17) is 22.1 Å². The van der Waals surface area contributed by atoms with E-state index in [1.165, 1.54) is 7.11 Å². The molecular weight excluding hydrogens is 329 g/mol. The quantitative estimate of drug-likeness (QED) is 0.774. The molecule has 0 aliphatic rings. The predicted octanol–water partition coefficient (Wildman–Crippen LogP) is 4.12. The van der Waals surface area contributed by atoms with Crippen LogP contribution >= 0.6 is 11.6 Å². The Morgan fingerprint density at radius 3 is 2.58 bits per heavy atom. The molecular formula is C18H15ClFN3O. The fraction of sp³-hybridized carbons (Fsp3) is 0.111. The number of methoxy groups -OCH3 is 1. The zero-order chi connectivity index (χ0) is 17.1. The van der Waals surface area contributed by atoms with Crippen LogP contribution in [0.3, 0.4) is 0 Å². The third-order valence-corrected chi connectivity index (χ3v) is 3.87. The summed E-state index contributed by atoms with van der Waals surface area (Å²) in [4.78, 5) is 7.87. The Labute approximate surface area is 144 Å². The van der Waals surface area contributed by atoms with Gasteiger partial charge in [0.05, 0.1) is 12.7 Å². The van der Waals surface area contributed by atoms with Gasteiger partial charge in [-0.15, -0.1) is 0 Å². The van der Waals surface area contributed by atoms with E-state index in [0.717, 1.165) is 5.56 Å². The van der Waals surface area contributed by atoms with Crippen LogP contribution in [0, 0.1) is 5.82 Å². The van der Waals surface area contributed by atoms with Crippen molar-refractivity contribution in [3.63, 3.8) is 0 Å². The molecule has 0 unspecified atom stereocenters. The van der Waals surface area contributed by atoms with Crippen LogP contribution in [-0.4, -0.2) is 17.1 Å². The summed E-state index contributed by atoms with van der Waals surface area (Å²) in [7, 11) is 1.51. The molecule has 0 fully saturated rings. The molecule has 6 heteroatoms. The van der Waals surface area contributed by atoms with Crippen LogP contribution in [0.1, 0.15) is 11.1 Å². The largest absolute Gasteiger partial charge is 0.496 e. The number of nitrogens with zero attached hydrogens (tertiary/aromatic N) is 2. The lowest BCUT2D eigenvalue weighted by Crippen LogP contribution is -2.01. The molecule has 0 amide bonds.